The van der Waals surface area contributed by atoms with Crippen LogP contribution in [0.25, 0.3) is 0 Å². The van der Waals surface area contributed by atoms with Crippen LogP contribution in [0.5, 0.6) is 5.75 Å². The van der Waals surface area contributed by atoms with E-state index in [0.717, 1.165) is 4.47 Å². The van der Waals surface area contributed by atoms with Gasteiger partial charge in [0.2, 0.25) is 0 Å². The normalized spacial score (nSPS) is 10.1. The van der Waals surface area contributed by atoms with Gasteiger partial charge in [0, 0.05) is 15.8 Å². The zero-order valence-corrected chi connectivity index (χ0v) is 12.7. The second-order valence-electron chi connectivity index (χ2n) is 4.03. The molecule has 6 heteroatoms. The summed E-state index contributed by atoms with van der Waals surface area (Å²) in [5, 5.41) is 3.14. The van der Waals surface area contributed by atoms with Crippen molar-refractivity contribution in [3.63, 3.8) is 0 Å². The van der Waals surface area contributed by atoms with Crippen molar-refractivity contribution in [2.24, 2.45) is 0 Å². The van der Waals surface area contributed by atoms with E-state index in [2.05, 4.69) is 21.2 Å². The second-order valence-corrected chi connectivity index (χ2v) is 5.36. The molecule has 0 spiro atoms. The third-order valence-electron chi connectivity index (χ3n) is 2.45. The SMILES string of the molecule is Nc1ccc(NC(=O)COc2ccc(Br)cc2Cl)cc1. The first-order valence-electron chi connectivity index (χ1n) is 5.78. The van der Waals surface area contributed by atoms with Crippen molar-refractivity contribution < 1.29 is 9.53 Å². The molecule has 0 aliphatic rings. The minimum Gasteiger partial charge on any atom is -0.482 e. The maximum Gasteiger partial charge on any atom is 0.262 e. The van der Waals surface area contributed by atoms with Gasteiger partial charge in [-0.25, -0.2) is 0 Å². The maximum absolute atomic E-state index is 11.7. The van der Waals surface area contributed by atoms with Crippen molar-refractivity contribution in [3.8, 4) is 5.75 Å². The van der Waals surface area contributed by atoms with E-state index in [9.17, 15) is 4.79 Å². The summed E-state index contributed by atoms with van der Waals surface area (Å²) in [6.45, 7) is -0.119. The highest BCUT2D eigenvalue weighted by atomic mass is 79.9. The van der Waals surface area contributed by atoms with E-state index in [1.165, 1.54) is 0 Å². The molecule has 0 saturated carbocycles. The van der Waals surface area contributed by atoms with Crippen LogP contribution >= 0.6 is 27.5 Å². The smallest absolute Gasteiger partial charge is 0.262 e. The van der Waals surface area contributed by atoms with Gasteiger partial charge in [0.05, 0.1) is 5.02 Å². The number of halogens is 2. The number of amides is 1. The monoisotopic (exact) mass is 354 g/mol. The predicted molar refractivity (Wildman–Crippen MR) is 84.1 cm³/mol. The summed E-state index contributed by atoms with van der Waals surface area (Å²) in [4.78, 5) is 11.7. The largest absolute Gasteiger partial charge is 0.482 e. The minimum atomic E-state index is -0.270. The Kier molecular flexibility index (Phi) is 4.87. The molecule has 0 radical (unpaired) electrons. The predicted octanol–water partition coefficient (Wildman–Crippen LogP) is 3.70. The van der Waals surface area contributed by atoms with Crippen LogP contribution in [0.3, 0.4) is 0 Å². The molecule has 2 rings (SSSR count). The molecule has 0 atom stereocenters. The van der Waals surface area contributed by atoms with E-state index in [4.69, 9.17) is 22.1 Å². The number of hydrogen-bond acceptors (Lipinski definition) is 3. The molecule has 0 bridgehead atoms. The number of carbonyl (C=O) groups excluding carboxylic acids is 1. The fraction of sp³-hybridized carbons (Fsp3) is 0.0714. The van der Waals surface area contributed by atoms with Crippen LogP contribution in [0.1, 0.15) is 0 Å². The quantitative estimate of drug-likeness (QED) is 0.822. The number of anilines is 2. The van der Waals surface area contributed by atoms with Crippen molar-refractivity contribution >= 4 is 44.8 Å². The molecule has 3 N–H and O–H groups in total. The third-order valence-corrected chi connectivity index (χ3v) is 3.24. The summed E-state index contributed by atoms with van der Waals surface area (Å²) in [6.07, 6.45) is 0. The van der Waals surface area contributed by atoms with Crippen molar-refractivity contribution in [3.05, 3.63) is 52.0 Å². The molecule has 20 heavy (non-hydrogen) atoms. The highest BCUT2D eigenvalue weighted by Gasteiger charge is 2.06. The van der Waals surface area contributed by atoms with Crippen LogP contribution in [0.15, 0.2) is 46.9 Å². The van der Waals surface area contributed by atoms with Crippen molar-refractivity contribution in [2.45, 2.75) is 0 Å². The summed E-state index contributed by atoms with van der Waals surface area (Å²) in [5.41, 5.74) is 6.87. The van der Waals surface area contributed by atoms with Gasteiger partial charge in [0.25, 0.3) is 5.91 Å². The van der Waals surface area contributed by atoms with E-state index in [0.29, 0.717) is 22.1 Å². The summed E-state index contributed by atoms with van der Waals surface area (Å²) >= 11 is 9.29. The Hall–Kier alpha value is -1.72. The average molecular weight is 356 g/mol. The molecule has 0 heterocycles. The highest BCUT2D eigenvalue weighted by molar-refractivity contribution is 9.10. The van der Waals surface area contributed by atoms with E-state index >= 15 is 0 Å². The molecule has 0 fully saturated rings. The summed E-state index contributed by atoms with van der Waals surface area (Å²) in [7, 11) is 0. The van der Waals surface area contributed by atoms with Gasteiger partial charge < -0.3 is 15.8 Å². The van der Waals surface area contributed by atoms with Gasteiger partial charge in [-0.2, -0.15) is 0 Å². The van der Waals surface area contributed by atoms with Gasteiger partial charge in [0.15, 0.2) is 6.61 Å². The lowest BCUT2D eigenvalue weighted by atomic mass is 10.3. The first kappa shape index (κ1) is 14.7. The van der Waals surface area contributed by atoms with Crippen LogP contribution < -0.4 is 15.8 Å². The molecule has 0 unspecified atom stereocenters. The summed E-state index contributed by atoms with van der Waals surface area (Å²) in [5.74, 6) is 0.191. The number of benzene rings is 2. The molecule has 104 valence electrons. The lowest BCUT2D eigenvalue weighted by molar-refractivity contribution is -0.118. The van der Waals surface area contributed by atoms with Gasteiger partial charge in [-0.1, -0.05) is 27.5 Å². The van der Waals surface area contributed by atoms with Crippen LogP contribution in [-0.4, -0.2) is 12.5 Å². The second kappa shape index (κ2) is 6.63. The van der Waals surface area contributed by atoms with Gasteiger partial charge >= 0.3 is 0 Å². The Balaban J connectivity index is 1.90. The Morgan fingerprint density at radius 1 is 1.25 bits per heavy atom. The molecular formula is C14H12BrClN2O2. The number of hydrogen-bond donors (Lipinski definition) is 2. The van der Waals surface area contributed by atoms with E-state index in [1.807, 2.05) is 0 Å². The molecule has 0 saturated heterocycles. The van der Waals surface area contributed by atoms with Crippen LogP contribution in [0.4, 0.5) is 11.4 Å². The summed E-state index contributed by atoms with van der Waals surface area (Å²) < 4.78 is 6.21. The molecule has 2 aromatic carbocycles. The van der Waals surface area contributed by atoms with Gasteiger partial charge in [-0.05, 0) is 42.5 Å². The van der Waals surface area contributed by atoms with Crippen LogP contribution in [0.2, 0.25) is 5.02 Å². The molecule has 1 amide bonds. The van der Waals surface area contributed by atoms with Crippen molar-refractivity contribution in [1.29, 1.82) is 0 Å². The van der Waals surface area contributed by atoms with Crippen molar-refractivity contribution in [1.82, 2.24) is 0 Å². The Bertz CT molecular complexity index is 617. The molecule has 4 nitrogen and oxygen atoms in total. The average Bonchev–Trinajstić information content (AvgIpc) is 2.40. The van der Waals surface area contributed by atoms with E-state index < -0.39 is 0 Å². The highest BCUT2D eigenvalue weighted by Crippen LogP contribution is 2.27. The van der Waals surface area contributed by atoms with Crippen LogP contribution in [0, 0.1) is 0 Å². The topological polar surface area (TPSA) is 64.3 Å². The van der Waals surface area contributed by atoms with Gasteiger partial charge in [-0.15, -0.1) is 0 Å². The number of nitrogen functional groups attached to an aromatic ring is 1. The van der Waals surface area contributed by atoms with Crippen molar-refractivity contribution in [2.75, 3.05) is 17.7 Å². The van der Waals surface area contributed by atoms with E-state index in [1.54, 1.807) is 42.5 Å². The standard InChI is InChI=1S/C14H12BrClN2O2/c15-9-1-6-13(12(16)7-9)20-8-14(19)18-11-4-2-10(17)3-5-11/h1-7H,8,17H2,(H,18,19). The lowest BCUT2D eigenvalue weighted by Crippen LogP contribution is -2.20. The summed E-state index contributed by atoms with van der Waals surface area (Å²) in [6, 6.07) is 12.1. The van der Waals surface area contributed by atoms with Gasteiger partial charge in [-0.3, -0.25) is 4.79 Å². The Labute approximate surface area is 130 Å². The molecular weight excluding hydrogens is 344 g/mol. The third kappa shape index (κ3) is 4.15. The number of nitrogens with one attached hydrogen (secondary N) is 1. The first-order valence-corrected chi connectivity index (χ1v) is 6.95. The zero-order chi connectivity index (χ0) is 14.5. The fourth-order valence-corrected chi connectivity index (χ4v) is 2.23. The minimum absolute atomic E-state index is 0.119. The number of ether oxygens (including phenoxy) is 1. The maximum atomic E-state index is 11.7. The zero-order valence-electron chi connectivity index (χ0n) is 10.4. The molecule has 2 aromatic rings. The number of rotatable bonds is 4. The first-order chi connectivity index (χ1) is 9.54. The van der Waals surface area contributed by atoms with E-state index in [-0.39, 0.29) is 12.5 Å². The molecule has 0 aromatic heterocycles. The Morgan fingerprint density at radius 2 is 1.95 bits per heavy atom. The molecule has 0 aliphatic carbocycles. The lowest BCUT2D eigenvalue weighted by Gasteiger charge is -2.09. The number of carbonyl (C=O) groups is 1. The number of nitrogens with two attached hydrogens (primary N) is 1. The van der Waals surface area contributed by atoms with Crippen LogP contribution in [-0.2, 0) is 4.79 Å². The molecule has 0 aliphatic heterocycles. The Morgan fingerprint density at radius 3 is 2.60 bits per heavy atom. The van der Waals surface area contributed by atoms with Gasteiger partial charge in [0.1, 0.15) is 5.75 Å². The fourth-order valence-electron chi connectivity index (χ4n) is 1.50.